The minimum absolute atomic E-state index is 0.0228. The minimum Gasteiger partial charge on any atom is -0.316 e. The number of carbonyl (C=O) groups is 1. The third kappa shape index (κ3) is 3.42. The van der Waals surface area contributed by atoms with Crippen LogP contribution in [0.4, 0.5) is 5.69 Å². The summed E-state index contributed by atoms with van der Waals surface area (Å²) in [6.07, 6.45) is 0.686. The number of hydrogen-bond acceptors (Lipinski definition) is 4. The highest BCUT2D eigenvalue weighted by Crippen LogP contribution is 2.30. The summed E-state index contributed by atoms with van der Waals surface area (Å²) in [5.41, 5.74) is 1.71. The number of sulfonamides is 1. The molecule has 1 atom stereocenters. The second-order valence-electron chi connectivity index (χ2n) is 5.25. The monoisotopic (exact) mass is 311 g/mol. The smallest absolute Gasteiger partial charge is 0.240 e. The van der Waals surface area contributed by atoms with Gasteiger partial charge in [-0.25, -0.2) is 13.1 Å². The van der Waals surface area contributed by atoms with Crippen LogP contribution in [0.2, 0.25) is 0 Å². The lowest BCUT2D eigenvalue weighted by molar-refractivity contribution is -0.116. The van der Waals surface area contributed by atoms with Crippen LogP contribution in [0.25, 0.3) is 0 Å². The molecule has 0 spiro atoms. The predicted octanol–water partition coefficient (Wildman–Crippen LogP) is 0.482. The van der Waals surface area contributed by atoms with E-state index in [1.165, 1.54) is 6.92 Å². The fraction of sp³-hybridized carbons (Fsp3) is 0.500. The Hall–Kier alpha value is -1.44. The number of fused-ring (bicyclic) bond motifs is 1. The van der Waals surface area contributed by atoms with Crippen LogP contribution < -0.4 is 14.9 Å². The fourth-order valence-electron chi connectivity index (χ4n) is 2.29. The number of carbonyl (C=O) groups excluding carboxylic acids is 1. The van der Waals surface area contributed by atoms with Crippen molar-refractivity contribution in [3.05, 3.63) is 23.8 Å². The van der Waals surface area contributed by atoms with E-state index in [9.17, 15) is 13.2 Å². The Balaban J connectivity index is 2.21. The van der Waals surface area contributed by atoms with Crippen LogP contribution in [-0.2, 0) is 21.2 Å². The van der Waals surface area contributed by atoms with E-state index in [4.69, 9.17) is 0 Å². The van der Waals surface area contributed by atoms with Crippen molar-refractivity contribution in [3.63, 3.8) is 0 Å². The summed E-state index contributed by atoms with van der Waals surface area (Å²) in [5.74, 6) is -0.0228. The van der Waals surface area contributed by atoms with Crippen LogP contribution in [0.15, 0.2) is 23.1 Å². The molecular formula is C14H21N3O3S. The van der Waals surface area contributed by atoms with Crippen molar-refractivity contribution in [3.8, 4) is 0 Å². The van der Waals surface area contributed by atoms with E-state index in [1.807, 2.05) is 6.92 Å². The minimum atomic E-state index is -3.52. The molecule has 116 valence electrons. The summed E-state index contributed by atoms with van der Waals surface area (Å²) < 4.78 is 27.1. The lowest BCUT2D eigenvalue weighted by atomic mass is 10.2. The first-order valence-electron chi connectivity index (χ1n) is 6.93. The van der Waals surface area contributed by atoms with Gasteiger partial charge in [0.2, 0.25) is 15.9 Å². The normalized spacial score (nSPS) is 15.9. The molecule has 0 aliphatic carbocycles. The van der Waals surface area contributed by atoms with Crippen LogP contribution in [-0.4, -0.2) is 40.5 Å². The standard InChI is InChI=1S/C14H21N3O3S/c1-10(15-3)9-16-21(19,20)13-4-5-14-12(8-13)6-7-17(14)11(2)18/h4-5,8,10,15-16H,6-7,9H2,1-3H3. The third-order valence-electron chi connectivity index (χ3n) is 3.71. The summed E-state index contributed by atoms with van der Waals surface area (Å²) in [6.45, 7) is 4.35. The Bertz CT molecular complexity index is 643. The van der Waals surface area contributed by atoms with E-state index in [-0.39, 0.29) is 16.8 Å². The van der Waals surface area contributed by atoms with Crippen LogP contribution in [0.5, 0.6) is 0 Å². The van der Waals surface area contributed by atoms with Crippen molar-refractivity contribution < 1.29 is 13.2 Å². The molecule has 1 aromatic carbocycles. The largest absolute Gasteiger partial charge is 0.316 e. The van der Waals surface area contributed by atoms with Gasteiger partial charge in [0.25, 0.3) is 0 Å². The van der Waals surface area contributed by atoms with Crippen LogP contribution in [0.3, 0.4) is 0 Å². The lowest BCUT2D eigenvalue weighted by Gasteiger charge is -2.15. The number of nitrogens with one attached hydrogen (secondary N) is 2. The molecule has 1 heterocycles. The highest BCUT2D eigenvalue weighted by atomic mass is 32.2. The average molecular weight is 311 g/mol. The quantitative estimate of drug-likeness (QED) is 0.829. The summed E-state index contributed by atoms with van der Waals surface area (Å²) in [7, 11) is -1.74. The highest BCUT2D eigenvalue weighted by molar-refractivity contribution is 7.89. The van der Waals surface area contributed by atoms with Gasteiger partial charge in [-0.15, -0.1) is 0 Å². The number of amides is 1. The van der Waals surface area contributed by atoms with Gasteiger partial charge in [-0.3, -0.25) is 4.79 Å². The number of anilines is 1. The van der Waals surface area contributed by atoms with Gasteiger partial charge in [0.05, 0.1) is 4.90 Å². The fourth-order valence-corrected chi connectivity index (χ4v) is 3.47. The zero-order chi connectivity index (χ0) is 15.6. The molecule has 0 saturated heterocycles. The molecule has 0 bridgehead atoms. The molecule has 1 amide bonds. The lowest BCUT2D eigenvalue weighted by Crippen LogP contribution is -2.37. The summed E-state index contributed by atoms with van der Waals surface area (Å²) in [4.78, 5) is 13.4. The van der Waals surface area contributed by atoms with E-state index < -0.39 is 10.0 Å². The Kier molecular flexibility index (Phi) is 4.65. The Morgan fingerprint density at radius 3 is 2.76 bits per heavy atom. The number of nitrogens with zero attached hydrogens (tertiary/aromatic N) is 1. The van der Waals surface area contributed by atoms with Gasteiger partial charge in [0, 0.05) is 31.7 Å². The topological polar surface area (TPSA) is 78.5 Å². The Morgan fingerprint density at radius 1 is 1.43 bits per heavy atom. The van der Waals surface area contributed by atoms with Crippen molar-refractivity contribution in [2.24, 2.45) is 0 Å². The molecule has 7 heteroatoms. The van der Waals surface area contributed by atoms with Gasteiger partial charge in [-0.05, 0) is 44.2 Å². The summed E-state index contributed by atoms with van der Waals surface area (Å²) in [6, 6.07) is 4.97. The van der Waals surface area contributed by atoms with Crippen molar-refractivity contribution in [1.29, 1.82) is 0 Å². The first kappa shape index (κ1) is 15.9. The number of hydrogen-bond donors (Lipinski definition) is 2. The Morgan fingerprint density at radius 2 is 2.14 bits per heavy atom. The van der Waals surface area contributed by atoms with Gasteiger partial charge >= 0.3 is 0 Å². The molecule has 0 saturated carbocycles. The van der Waals surface area contributed by atoms with Crippen molar-refractivity contribution in [2.75, 3.05) is 25.0 Å². The molecule has 0 aromatic heterocycles. The SMILES string of the molecule is CNC(C)CNS(=O)(=O)c1ccc2c(c1)CCN2C(C)=O. The van der Waals surface area contributed by atoms with Crippen LogP contribution >= 0.6 is 0 Å². The molecule has 1 aliphatic rings. The second-order valence-corrected chi connectivity index (χ2v) is 7.02. The van der Waals surface area contributed by atoms with E-state index in [0.29, 0.717) is 19.5 Å². The Labute approximate surface area is 125 Å². The predicted molar refractivity (Wildman–Crippen MR) is 81.9 cm³/mol. The number of likely N-dealkylation sites (N-methyl/N-ethyl adjacent to an activating group) is 1. The zero-order valence-electron chi connectivity index (χ0n) is 12.5. The first-order valence-corrected chi connectivity index (χ1v) is 8.41. The number of benzene rings is 1. The maximum absolute atomic E-state index is 12.2. The second kappa shape index (κ2) is 6.13. The van der Waals surface area contributed by atoms with E-state index in [2.05, 4.69) is 10.0 Å². The maximum Gasteiger partial charge on any atom is 0.240 e. The number of rotatable bonds is 5. The van der Waals surface area contributed by atoms with Gasteiger partial charge in [-0.2, -0.15) is 0 Å². The molecule has 1 aliphatic heterocycles. The average Bonchev–Trinajstić information content (AvgIpc) is 2.87. The molecule has 1 unspecified atom stereocenters. The molecule has 0 radical (unpaired) electrons. The van der Waals surface area contributed by atoms with Crippen LogP contribution in [0.1, 0.15) is 19.4 Å². The zero-order valence-corrected chi connectivity index (χ0v) is 13.3. The highest BCUT2D eigenvalue weighted by Gasteiger charge is 2.24. The van der Waals surface area contributed by atoms with Gasteiger partial charge in [0.1, 0.15) is 0 Å². The van der Waals surface area contributed by atoms with Crippen molar-refractivity contribution in [1.82, 2.24) is 10.0 Å². The van der Waals surface area contributed by atoms with Gasteiger partial charge in [0.15, 0.2) is 0 Å². The van der Waals surface area contributed by atoms with Gasteiger partial charge < -0.3 is 10.2 Å². The van der Waals surface area contributed by atoms with E-state index in [0.717, 1.165) is 11.3 Å². The molecule has 2 N–H and O–H groups in total. The van der Waals surface area contributed by atoms with E-state index in [1.54, 1.807) is 30.1 Å². The molecule has 2 rings (SSSR count). The molecule has 21 heavy (non-hydrogen) atoms. The molecule has 0 fully saturated rings. The van der Waals surface area contributed by atoms with Crippen LogP contribution in [0, 0.1) is 0 Å². The summed E-state index contributed by atoms with van der Waals surface area (Å²) in [5, 5.41) is 2.98. The van der Waals surface area contributed by atoms with Gasteiger partial charge in [-0.1, -0.05) is 0 Å². The third-order valence-corrected chi connectivity index (χ3v) is 5.13. The first-order chi connectivity index (χ1) is 9.85. The maximum atomic E-state index is 12.2. The van der Waals surface area contributed by atoms with E-state index >= 15 is 0 Å². The molecule has 6 nitrogen and oxygen atoms in total. The molecular weight excluding hydrogens is 290 g/mol. The van der Waals surface area contributed by atoms with Crippen molar-refractivity contribution >= 4 is 21.6 Å². The summed E-state index contributed by atoms with van der Waals surface area (Å²) >= 11 is 0. The molecule has 1 aromatic rings. The van der Waals surface area contributed by atoms with Crippen molar-refractivity contribution in [2.45, 2.75) is 31.2 Å².